The van der Waals surface area contributed by atoms with Gasteiger partial charge in [0, 0.05) is 0 Å². The number of carbonyl (C=O) groups excluding carboxylic acids is 1. The number of carbonyl (C=O) groups is 2. The number of ether oxygens (including phenoxy) is 2. The topological polar surface area (TPSA) is 84.9 Å². The Morgan fingerprint density at radius 3 is 2.56 bits per heavy atom. The van der Waals surface area contributed by atoms with Crippen LogP contribution in [0.5, 0.6) is 11.5 Å². The highest BCUT2D eigenvalue weighted by atomic mass is 32.1. The molecule has 2 aromatic carbocycles. The van der Waals surface area contributed by atoms with E-state index in [0.29, 0.717) is 29.6 Å². The Kier molecular flexibility index (Phi) is 4.52. The van der Waals surface area contributed by atoms with Gasteiger partial charge in [0.1, 0.15) is 13.2 Å². The molecule has 7 heteroatoms. The summed E-state index contributed by atoms with van der Waals surface area (Å²) in [6.45, 7) is 1.05. The minimum Gasteiger partial charge on any atom is -0.486 e. The lowest BCUT2D eigenvalue weighted by Gasteiger charge is -2.18. The summed E-state index contributed by atoms with van der Waals surface area (Å²) in [5.74, 6) is -0.0404. The molecule has 27 heavy (non-hydrogen) atoms. The standard InChI is InChI=1S/C20H15NO5S/c22-19(21-15-4-2-1-3-14(15)20(23)24)18-10-13(11-27-18)12-5-6-16-17(9-12)26-8-7-25-16/h1-6,9-11H,7-8H2,(H,21,22)(H,23,24). The van der Waals surface area contributed by atoms with Gasteiger partial charge in [-0.15, -0.1) is 11.3 Å². The van der Waals surface area contributed by atoms with Gasteiger partial charge in [-0.05, 0) is 46.8 Å². The molecule has 0 atom stereocenters. The van der Waals surface area contributed by atoms with Crippen LogP contribution in [0.3, 0.4) is 0 Å². The second-order valence-corrected chi connectivity index (χ2v) is 6.77. The van der Waals surface area contributed by atoms with E-state index in [1.807, 2.05) is 23.6 Å². The molecule has 2 N–H and O–H groups in total. The van der Waals surface area contributed by atoms with E-state index < -0.39 is 5.97 Å². The quantitative estimate of drug-likeness (QED) is 0.710. The summed E-state index contributed by atoms with van der Waals surface area (Å²) in [4.78, 5) is 24.3. The number of hydrogen-bond acceptors (Lipinski definition) is 5. The number of fused-ring (bicyclic) bond motifs is 1. The van der Waals surface area contributed by atoms with Gasteiger partial charge in [-0.2, -0.15) is 0 Å². The maximum atomic E-state index is 12.5. The van der Waals surface area contributed by atoms with Gasteiger partial charge in [-0.25, -0.2) is 4.79 Å². The molecule has 136 valence electrons. The molecule has 2 heterocycles. The van der Waals surface area contributed by atoms with Crippen molar-refractivity contribution in [2.24, 2.45) is 0 Å². The maximum Gasteiger partial charge on any atom is 0.337 e. The van der Waals surface area contributed by atoms with E-state index in [-0.39, 0.29) is 17.2 Å². The van der Waals surface area contributed by atoms with E-state index in [4.69, 9.17) is 9.47 Å². The molecule has 1 aromatic heterocycles. The molecule has 0 saturated heterocycles. The molecule has 6 nitrogen and oxygen atoms in total. The summed E-state index contributed by atoms with van der Waals surface area (Å²) >= 11 is 1.29. The third-order valence-corrected chi connectivity index (χ3v) is 5.03. The number of amides is 1. The lowest BCUT2D eigenvalue weighted by Crippen LogP contribution is -2.15. The molecule has 0 bridgehead atoms. The van der Waals surface area contributed by atoms with Crippen molar-refractivity contribution in [2.75, 3.05) is 18.5 Å². The van der Waals surface area contributed by atoms with Crippen LogP contribution in [0.15, 0.2) is 53.9 Å². The van der Waals surface area contributed by atoms with Gasteiger partial charge >= 0.3 is 5.97 Å². The predicted octanol–water partition coefficient (Wildman–Crippen LogP) is 4.14. The molecule has 0 radical (unpaired) electrons. The van der Waals surface area contributed by atoms with Gasteiger partial charge in [0.25, 0.3) is 5.91 Å². The van der Waals surface area contributed by atoms with Crippen LogP contribution >= 0.6 is 11.3 Å². The van der Waals surface area contributed by atoms with Crippen molar-refractivity contribution >= 4 is 28.9 Å². The monoisotopic (exact) mass is 381 g/mol. The molecular formula is C20H15NO5S. The van der Waals surface area contributed by atoms with Crippen molar-refractivity contribution in [1.82, 2.24) is 0 Å². The SMILES string of the molecule is O=C(Nc1ccccc1C(=O)O)c1cc(-c2ccc3c(c2)OCCO3)cs1. The van der Waals surface area contributed by atoms with Crippen LogP contribution in [0.1, 0.15) is 20.0 Å². The lowest BCUT2D eigenvalue weighted by atomic mass is 10.1. The molecule has 0 aliphatic carbocycles. The van der Waals surface area contributed by atoms with Crippen LogP contribution in [0, 0.1) is 0 Å². The number of nitrogens with one attached hydrogen (secondary N) is 1. The van der Waals surface area contributed by atoms with Crippen LogP contribution in [0.2, 0.25) is 0 Å². The highest BCUT2D eigenvalue weighted by molar-refractivity contribution is 7.12. The van der Waals surface area contributed by atoms with Crippen LogP contribution in [-0.2, 0) is 0 Å². The number of carboxylic acids is 1. The second-order valence-electron chi connectivity index (χ2n) is 5.86. The van der Waals surface area contributed by atoms with Crippen molar-refractivity contribution in [1.29, 1.82) is 0 Å². The fourth-order valence-corrected chi connectivity index (χ4v) is 3.60. The van der Waals surface area contributed by atoms with Gasteiger partial charge in [0.2, 0.25) is 0 Å². The Labute approximate surface area is 159 Å². The molecule has 1 amide bonds. The van der Waals surface area contributed by atoms with Crippen molar-refractivity contribution in [2.45, 2.75) is 0 Å². The van der Waals surface area contributed by atoms with E-state index in [9.17, 15) is 14.7 Å². The second kappa shape index (κ2) is 7.13. The van der Waals surface area contributed by atoms with Gasteiger partial charge in [-0.3, -0.25) is 4.79 Å². The maximum absolute atomic E-state index is 12.5. The first-order valence-electron chi connectivity index (χ1n) is 8.24. The molecule has 0 fully saturated rings. The number of hydrogen-bond donors (Lipinski definition) is 2. The Morgan fingerprint density at radius 2 is 1.74 bits per heavy atom. The van der Waals surface area contributed by atoms with Crippen LogP contribution in [-0.4, -0.2) is 30.2 Å². The highest BCUT2D eigenvalue weighted by Crippen LogP contribution is 2.36. The number of para-hydroxylation sites is 1. The summed E-state index contributed by atoms with van der Waals surface area (Å²) in [5, 5.41) is 13.8. The van der Waals surface area contributed by atoms with E-state index in [0.717, 1.165) is 11.1 Å². The number of carboxylic acid groups (broad SMARTS) is 1. The van der Waals surface area contributed by atoms with Crippen molar-refractivity contribution in [3.8, 4) is 22.6 Å². The average molecular weight is 381 g/mol. The first kappa shape index (κ1) is 17.1. The average Bonchev–Trinajstić information content (AvgIpc) is 3.18. The zero-order valence-corrected chi connectivity index (χ0v) is 14.9. The zero-order valence-electron chi connectivity index (χ0n) is 14.1. The van der Waals surface area contributed by atoms with Crippen LogP contribution in [0.4, 0.5) is 5.69 Å². The number of benzene rings is 2. The Hall–Kier alpha value is -3.32. The summed E-state index contributed by atoms with van der Waals surface area (Å²) in [5.41, 5.74) is 2.12. The minimum absolute atomic E-state index is 0.0504. The van der Waals surface area contributed by atoms with Crippen molar-refractivity contribution in [3.63, 3.8) is 0 Å². The highest BCUT2D eigenvalue weighted by Gasteiger charge is 2.16. The fourth-order valence-electron chi connectivity index (χ4n) is 2.79. The molecular weight excluding hydrogens is 366 g/mol. The smallest absolute Gasteiger partial charge is 0.337 e. The van der Waals surface area contributed by atoms with Crippen molar-refractivity contribution in [3.05, 3.63) is 64.4 Å². The summed E-state index contributed by atoms with van der Waals surface area (Å²) in [6, 6.07) is 13.7. The molecule has 0 saturated carbocycles. The van der Waals surface area contributed by atoms with E-state index >= 15 is 0 Å². The molecule has 4 rings (SSSR count). The molecule has 1 aliphatic rings. The van der Waals surface area contributed by atoms with Gasteiger partial charge in [0.15, 0.2) is 11.5 Å². The number of anilines is 1. The van der Waals surface area contributed by atoms with Crippen LogP contribution < -0.4 is 14.8 Å². The van der Waals surface area contributed by atoms with Gasteiger partial charge in [0.05, 0.1) is 16.1 Å². The van der Waals surface area contributed by atoms with Gasteiger partial charge < -0.3 is 19.9 Å². The lowest BCUT2D eigenvalue weighted by molar-refractivity contribution is 0.0698. The summed E-state index contributed by atoms with van der Waals surface area (Å²) in [7, 11) is 0. The fraction of sp³-hybridized carbons (Fsp3) is 0.100. The van der Waals surface area contributed by atoms with Gasteiger partial charge in [-0.1, -0.05) is 18.2 Å². The minimum atomic E-state index is -1.09. The number of rotatable bonds is 4. The summed E-state index contributed by atoms with van der Waals surface area (Å²) in [6.07, 6.45) is 0. The first-order valence-corrected chi connectivity index (χ1v) is 9.12. The van der Waals surface area contributed by atoms with Crippen LogP contribution in [0.25, 0.3) is 11.1 Å². The Balaban J connectivity index is 1.56. The largest absolute Gasteiger partial charge is 0.486 e. The predicted molar refractivity (Wildman–Crippen MR) is 102 cm³/mol. The Bertz CT molecular complexity index is 1030. The molecule has 1 aliphatic heterocycles. The normalized spacial score (nSPS) is 12.4. The zero-order chi connectivity index (χ0) is 18.8. The first-order chi connectivity index (χ1) is 13.1. The molecule has 3 aromatic rings. The molecule has 0 unspecified atom stereocenters. The van der Waals surface area contributed by atoms with E-state index in [1.54, 1.807) is 24.3 Å². The third-order valence-electron chi connectivity index (χ3n) is 4.10. The molecule has 0 spiro atoms. The van der Waals surface area contributed by atoms with Crippen molar-refractivity contribution < 1.29 is 24.2 Å². The number of thiophene rings is 1. The van der Waals surface area contributed by atoms with E-state index in [1.165, 1.54) is 17.4 Å². The Morgan fingerprint density at radius 1 is 0.963 bits per heavy atom. The van der Waals surface area contributed by atoms with E-state index in [2.05, 4.69) is 5.32 Å². The summed E-state index contributed by atoms with van der Waals surface area (Å²) < 4.78 is 11.1. The number of aromatic carboxylic acids is 1. The third kappa shape index (κ3) is 3.50.